The lowest BCUT2D eigenvalue weighted by molar-refractivity contribution is -0.129. The van der Waals surface area contributed by atoms with E-state index in [4.69, 9.17) is 5.73 Å². The molecule has 1 amide bonds. The fourth-order valence-corrected chi connectivity index (χ4v) is 1.98. The Hall–Kier alpha value is -1.39. The first kappa shape index (κ1) is 16.7. The van der Waals surface area contributed by atoms with Gasteiger partial charge in [0.05, 0.1) is 5.41 Å². The minimum Gasteiger partial charge on any atom is -0.352 e. The number of amides is 1. The van der Waals surface area contributed by atoms with Crippen molar-refractivity contribution >= 4 is 5.91 Å². The molecular weight excluding hydrogens is 250 g/mol. The third kappa shape index (κ3) is 5.31. The average Bonchev–Trinajstić information content (AvgIpc) is 2.39. The van der Waals surface area contributed by atoms with Crippen molar-refractivity contribution in [3.05, 3.63) is 35.9 Å². The predicted molar refractivity (Wildman–Crippen MR) is 83.2 cm³/mol. The first-order valence-corrected chi connectivity index (χ1v) is 7.08. The maximum Gasteiger partial charge on any atom is 0.227 e. The quantitative estimate of drug-likeness (QED) is 0.796. The largest absolute Gasteiger partial charge is 0.352 e. The molecule has 0 aliphatic rings. The molecule has 112 valence electrons. The lowest BCUT2D eigenvalue weighted by Crippen LogP contribution is -2.48. The first-order chi connectivity index (χ1) is 9.35. The lowest BCUT2D eigenvalue weighted by Gasteiger charge is -2.27. The molecular formula is C16H27N3O. The molecule has 4 nitrogen and oxygen atoms in total. The topological polar surface area (TPSA) is 58.4 Å². The van der Waals surface area contributed by atoms with Crippen molar-refractivity contribution in [1.82, 2.24) is 10.2 Å². The molecule has 1 aromatic carbocycles. The van der Waals surface area contributed by atoms with Crippen molar-refractivity contribution < 1.29 is 4.79 Å². The molecule has 1 rings (SSSR count). The van der Waals surface area contributed by atoms with Crippen LogP contribution >= 0.6 is 0 Å². The Morgan fingerprint density at radius 3 is 2.50 bits per heavy atom. The standard InChI is InChI=1S/C16H27N3O/c1-13(18-15(20)16(2,3)12-17)10-19(4)11-14-8-6-5-7-9-14/h5-9,13H,10-12,17H2,1-4H3,(H,18,20). The van der Waals surface area contributed by atoms with Crippen LogP contribution in [0.4, 0.5) is 0 Å². The van der Waals surface area contributed by atoms with Crippen molar-refractivity contribution in [3.63, 3.8) is 0 Å². The first-order valence-electron chi connectivity index (χ1n) is 7.08. The summed E-state index contributed by atoms with van der Waals surface area (Å²) in [6.07, 6.45) is 0. The predicted octanol–water partition coefficient (Wildman–Crippen LogP) is 1.61. The van der Waals surface area contributed by atoms with Gasteiger partial charge in [-0.05, 0) is 33.4 Å². The molecule has 0 aromatic heterocycles. The van der Waals surface area contributed by atoms with Gasteiger partial charge in [-0.2, -0.15) is 0 Å². The molecule has 0 fully saturated rings. The molecule has 1 unspecified atom stereocenters. The van der Waals surface area contributed by atoms with Crippen LogP contribution in [-0.4, -0.2) is 37.0 Å². The molecule has 1 atom stereocenters. The van der Waals surface area contributed by atoms with Gasteiger partial charge in [0, 0.05) is 25.7 Å². The summed E-state index contributed by atoms with van der Waals surface area (Å²) in [6, 6.07) is 10.4. The second-order valence-electron chi connectivity index (χ2n) is 6.14. The average molecular weight is 277 g/mol. The van der Waals surface area contributed by atoms with E-state index >= 15 is 0 Å². The van der Waals surface area contributed by atoms with Gasteiger partial charge in [-0.25, -0.2) is 0 Å². The Balaban J connectivity index is 2.42. The van der Waals surface area contributed by atoms with E-state index in [0.717, 1.165) is 13.1 Å². The number of rotatable bonds is 7. The molecule has 4 heteroatoms. The van der Waals surface area contributed by atoms with Crippen molar-refractivity contribution in [3.8, 4) is 0 Å². The maximum absolute atomic E-state index is 12.0. The van der Waals surface area contributed by atoms with E-state index in [1.807, 2.05) is 39.0 Å². The fourth-order valence-electron chi connectivity index (χ4n) is 1.98. The third-order valence-electron chi connectivity index (χ3n) is 3.38. The minimum absolute atomic E-state index is 0.0145. The normalized spacial score (nSPS) is 13.3. The van der Waals surface area contributed by atoms with E-state index in [2.05, 4.69) is 29.4 Å². The van der Waals surface area contributed by atoms with Gasteiger partial charge in [0.15, 0.2) is 0 Å². The zero-order valence-electron chi connectivity index (χ0n) is 13.0. The number of carbonyl (C=O) groups excluding carboxylic acids is 1. The van der Waals surface area contributed by atoms with Crippen molar-refractivity contribution in [2.75, 3.05) is 20.1 Å². The Labute approximate surface area is 122 Å². The fraction of sp³-hybridized carbons (Fsp3) is 0.562. The van der Waals surface area contributed by atoms with Crippen LogP contribution in [0.2, 0.25) is 0 Å². The second kappa shape index (κ2) is 7.41. The van der Waals surface area contributed by atoms with Crippen LogP contribution in [0.3, 0.4) is 0 Å². The summed E-state index contributed by atoms with van der Waals surface area (Å²) in [5.74, 6) is 0.0145. The Morgan fingerprint density at radius 1 is 1.35 bits per heavy atom. The van der Waals surface area contributed by atoms with E-state index in [-0.39, 0.29) is 11.9 Å². The summed E-state index contributed by atoms with van der Waals surface area (Å²) in [5, 5.41) is 3.03. The monoisotopic (exact) mass is 277 g/mol. The summed E-state index contributed by atoms with van der Waals surface area (Å²) in [7, 11) is 2.06. The molecule has 0 saturated heterocycles. The minimum atomic E-state index is -0.508. The van der Waals surface area contributed by atoms with E-state index in [0.29, 0.717) is 6.54 Å². The highest BCUT2D eigenvalue weighted by molar-refractivity contribution is 5.82. The number of benzene rings is 1. The van der Waals surface area contributed by atoms with Gasteiger partial charge in [-0.1, -0.05) is 30.3 Å². The van der Waals surface area contributed by atoms with E-state index in [9.17, 15) is 4.79 Å². The van der Waals surface area contributed by atoms with Gasteiger partial charge < -0.3 is 16.0 Å². The van der Waals surface area contributed by atoms with Crippen molar-refractivity contribution in [2.45, 2.75) is 33.4 Å². The summed E-state index contributed by atoms with van der Waals surface area (Å²) >= 11 is 0. The highest BCUT2D eigenvalue weighted by atomic mass is 16.2. The number of nitrogens with one attached hydrogen (secondary N) is 1. The summed E-state index contributed by atoms with van der Waals surface area (Å²) in [6.45, 7) is 7.78. The van der Waals surface area contributed by atoms with Crippen molar-refractivity contribution in [2.24, 2.45) is 11.1 Å². The van der Waals surface area contributed by atoms with Crippen molar-refractivity contribution in [1.29, 1.82) is 0 Å². The SMILES string of the molecule is CC(CN(C)Cc1ccccc1)NC(=O)C(C)(C)CN. The molecule has 0 aliphatic carbocycles. The molecule has 0 saturated carbocycles. The molecule has 0 aliphatic heterocycles. The zero-order valence-corrected chi connectivity index (χ0v) is 13.0. The van der Waals surface area contributed by atoms with Gasteiger partial charge in [0.1, 0.15) is 0 Å². The van der Waals surface area contributed by atoms with Gasteiger partial charge in [-0.15, -0.1) is 0 Å². The molecule has 1 aromatic rings. The lowest BCUT2D eigenvalue weighted by atomic mass is 9.92. The van der Waals surface area contributed by atoms with Crippen LogP contribution in [0.5, 0.6) is 0 Å². The summed E-state index contributed by atoms with van der Waals surface area (Å²) in [5.41, 5.74) is 6.38. The Morgan fingerprint density at radius 2 is 1.95 bits per heavy atom. The number of carbonyl (C=O) groups is 1. The number of nitrogens with zero attached hydrogens (tertiary/aromatic N) is 1. The van der Waals surface area contributed by atoms with E-state index in [1.54, 1.807) is 0 Å². The van der Waals surface area contributed by atoms with Gasteiger partial charge >= 0.3 is 0 Å². The second-order valence-corrected chi connectivity index (χ2v) is 6.14. The molecule has 0 spiro atoms. The van der Waals surface area contributed by atoms with Gasteiger partial charge in [-0.3, -0.25) is 4.79 Å². The van der Waals surface area contributed by atoms with E-state index < -0.39 is 5.41 Å². The summed E-state index contributed by atoms with van der Waals surface area (Å²) in [4.78, 5) is 14.2. The van der Waals surface area contributed by atoms with E-state index in [1.165, 1.54) is 5.56 Å². The van der Waals surface area contributed by atoms with Crippen LogP contribution in [0.25, 0.3) is 0 Å². The molecule has 0 heterocycles. The highest BCUT2D eigenvalue weighted by Crippen LogP contribution is 2.12. The molecule has 0 radical (unpaired) electrons. The Kier molecular flexibility index (Phi) is 6.17. The van der Waals surface area contributed by atoms with Crippen LogP contribution in [0, 0.1) is 5.41 Å². The zero-order chi connectivity index (χ0) is 15.2. The molecule has 0 bridgehead atoms. The number of nitrogens with two attached hydrogens (primary N) is 1. The van der Waals surface area contributed by atoms with Crippen LogP contribution in [0.15, 0.2) is 30.3 Å². The van der Waals surface area contributed by atoms with Crippen LogP contribution in [0.1, 0.15) is 26.3 Å². The maximum atomic E-state index is 12.0. The number of hydrogen-bond acceptors (Lipinski definition) is 3. The summed E-state index contributed by atoms with van der Waals surface area (Å²) < 4.78 is 0. The van der Waals surface area contributed by atoms with Gasteiger partial charge in [0.2, 0.25) is 5.91 Å². The number of likely N-dealkylation sites (N-methyl/N-ethyl adjacent to an activating group) is 1. The molecule has 3 N–H and O–H groups in total. The Bertz CT molecular complexity index is 417. The smallest absolute Gasteiger partial charge is 0.227 e. The van der Waals surface area contributed by atoms with Gasteiger partial charge in [0.25, 0.3) is 0 Å². The highest BCUT2D eigenvalue weighted by Gasteiger charge is 2.26. The van der Waals surface area contributed by atoms with Crippen LogP contribution < -0.4 is 11.1 Å². The van der Waals surface area contributed by atoms with Crippen LogP contribution in [-0.2, 0) is 11.3 Å². The molecule has 20 heavy (non-hydrogen) atoms. The number of hydrogen-bond donors (Lipinski definition) is 2. The third-order valence-corrected chi connectivity index (χ3v) is 3.38.